The molecule has 0 aromatic heterocycles. The van der Waals surface area contributed by atoms with Crippen LogP contribution in [0.2, 0.25) is 5.02 Å². The van der Waals surface area contributed by atoms with Gasteiger partial charge in [0.2, 0.25) is 0 Å². The van der Waals surface area contributed by atoms with Crippen molar-refractivity contribution in [2.75, 3.05) is 6.61 Å². The Morgan fingerprint density at radius 3 is 2.52 bits per heavy atom. The molecule has 2 aliphatic rings. The molecular formula is C18H16ClF3N2O3. The Balaban J connectivity index is 2.08. The van der Waals surface area contributed by atoms with Gasteiger partial charge in [0.25, 0.3) is 0 Å². The zero-order valence-electron chi connectivity index (χ0n) is 14.2. The van der Waals surface area contributed by atoms with Gasteiger partial charge in [-0.3, -0.25) is 14.6 Å². The highest BCUT2D eigenvalue weighted by molar-refractivity contribution is 6.30. The molecule has 2 aliphatic heterocycles. The number of rotatable bonds is 4. The third-order valence-electron chi connectivity index (χ3n) is 4.61. The number of fused-ring (bicyclic) bond motifs is 1. The molecule has 144 valence electrons. The molecule has 0 aliphatic carbocycles. The number of halogens is 4. The predicted octanol–water partition coefficient (Wildman–Crippen LogP) is 3.49. The van der Waals surface area contributed by atoms with E-state index in [1.165, 1.54) is 49.6 Å². The zero-order chi connectivity index (χ0) is 19.8. The van der Waals surface area contributed by atoms with Crippen LogP contribution < -0.4 is 0 Å². The number of carbonyl (C=O) groups is 2. The van der Waals surface area contributed by atoms with E-state index in [0.29, 0.717) is 5.02 Å². The van der Waals surface area contributed by atoms with Crippen molar-refractivity contribution in [1.82, 2.24) is 5.01 Å². The van der Waals surface area contributed by atoms with Crippen molar-refractivity contribution in [3.63, 3.8) is 0 Å². The molecule has 3 rings (SSSR count). The van der Waals surface area contributed by atoms with Crippen LogP contribution in [0, 0.1) is 11.8 Å². The summed E-state index contributed by atoms with van der Waals surface area (Å²) in [5.74, 6) is -5.54. The second-order valence-electron chi connectivity index (χ2n) is 6.18. The lowest BCUT2D eigenvalue weighted by molar-refractivity contribution is -0.195. The van der Waals surface area contributed by atoms with Gasteiger partial charge in [-0.2, -0.15) is 18.3 Å². The number of hydrazone groups is 1. The van der Waals surface area contributed by atoms with Crippen molar-refractivity contribution in [2.45, 2.75) is 25.2 Å². The highest BCUT2D eigenvalue weighted by Crippen LogP contribution is 2.47. The van der Waals surface area contributed by atoms with Crippen LogP contribution in [-0.4, -0.2) is 47.8 Å². The van der Waals surface area contributed by atoms with Gasteiger partial charge in [0.1, 0.15) is 12.0 Å². The van der Waals surface area contributed by atoms with Crippen molar-refractivity contribution in [1.29, 1.82) is 0 Å². The minimum Gasteiger partial charge on any atom is -0.466 e. The van der Waals surface area contributed by atoms with Crippen LogP contribution in [0.15, 0.2) is 41.5 Å². The van der Waals surface area contributed by atoms with E-state index >= 15 is 0 Å². The molecule has 1 aromatic carbocycles. The number of esters is 1. The van der Waals surface area contributed by atoms with Crippen molar-refractivity contribution >= 4 is 29.6 Å². The topological polar surface area (TPSA) is 59.0 Å². The van der Waals surface area contributed by atoms with Crippen molar-refractivity contribution in [3.05, 3.63) is 47.0 Å². The van der Waals surface area contributed by atoms with Crippen LogP contribution in [0.5, 0.6) is 0 Å². The number of nitrogens with zero attached hydrogens (tertiary/aromatic N) is 2. The van der Waals surface area contributed by atoms with Crippen LogP contribution in [0.1, 0.15) is 17.3 Å². The van der Waals surface area contributed by atoms with Gasteiger partial charge in [0, 0.05) is 16.8 Å². The highest BCUT2D eigenvalue weighted by Gasteiger charge is 2.64. The maximum atomic E-state index is 13.8. The summed E-state index contributed by atoms with van der Waals surface area (Å²) in [5, 5.41) is 5.39. The molecule has 27 heavy (non-hydrogen) atoms. The second-order valence-corrected chi connectivity index (χ2v) is 6.62. The summed E-state index contributed by atoms with van der Waals surface area (Å²) < 4.78 is 46.4. The van der Waals surface area contributed by atoms with Gasteiger partial charge < -0.3 is 4.74 Å². The molecule has 1 aromatic rings. The fourth-order valence-corrected chi connectivity index (χ4v) is 3.66. The molecule has 2 heterocycles. The fourth-order valence-electron chi connectivity index (χ4n) is 3.54. The molecule has 1 fully saturated rings. The molecule has 0 radical (unpaired) electrons. The van der Waals surface area contributed by atoms with E-state index < -0.39 is 41.8 Å². The first-order valence-electron chi connectivity index (χ1n) is 8.28. The van der Waals surface area contributed by atoms with Gasteiger partial charge in [0.15, 0.2) is 5.78 Å². The molecule has 0 saturated carbocycles. The van der Waals surface area contributed by atoms with Gasteiger partial charge in [-0.15, -0.1) is 0 Å². The van der Waals surface area contributed by atoms with Crippen LogP contribution in [0.25, 0.3) is 0 Å². The third-order valence-corrected chi connectivity index (χ3v) is 4.87. The monoisotopic (exact) mass is 400 g/mol. The number of allylic oxidation sites excluding steroid dienone is 1. The van der Waals surface area contributed by atoms with E-state index in [-0.39, 0.29) is 12.2 Å². The van der Waals surface area contributed by atoms with Crippen LogP contribution in [0.3, 0.4) is 0 Å². The Bertz CT molecular complexity index is 792. The van der Waals surface area contributed by atoms with Crippen LogP contribution in [0.4, 0.5) is 13.2 Å². The Labute approximate surface area is 158 Å². The number of hydrogen-bond acceptors (Lipinski definition) is 5. The molecule has 0 bridgehead atoms. The molecule has 9 heteroatoms. The molecular weight excluding hydrogens is 385 g/mol. The number of hydrogen-bond donors (Lipinski definition) is 0. The van der Waals surface area contributed by atoms with E-state index in [1.54, 1.807) is 0 Å². The van der Waals surface area contributed by atoms with E-state index in [1.807, 2.05) is 0 Å². The van der Waals surface area contributed by atoms with Gasteiger partial charge >= 0.3 is 12.1 Å². The van der Waals surface area contributed by atoms with Crippen LogP contribution >= 0.6 is 11.6 Å². The molecule has 5 nitrogen and oxygen atoms in total. The van der Waals surface area contributed by atoms with Gasteiger partial charge in [-0.25, -0.2) is 0 Å². The summed E-state index contributed by atoms with van der Waals surface area (Å²) >= 11 is 5.81. The van der Waals surface area contributed by atoms with Crippen LogP contribution in [-0.2, 0) is 9.53 Å². The quantitative estimate of drug-likeness (QED) is 0.573. The molecule has 4 atom stereocenters. The summed E-state index contributed by atoms with van der Waals surface area (Å²) in [7, 11) is 0. The van der Waals surface area contributed by atoms with Gasteiger partial charge in [-0.1, -0.05) is 17.7 Å². The number of alkyl halides is 3. The summed E-state index contributed by atoms with van der Waals surface area (Å²) in [6, 6.07) is 3.05. The lowest BCUT2D eigenvalue weighted by Crippen LogP contribution is -2.43. The number of ketones is 1. The predicted molar refractivity (Wildman–Crippen MR) is 92.5 cm³/mol. The molecule has 0 N–H and O–H groups in total. The van der Waals surface area contributed by atoms with Gasteiger partial charge in [-0.05, 0) is 37.3 Å². The largest absolute Gasteiger partial charge is 0.466 e. The maximum absolute atomic E-state index is 13.8. The minimum atomic E-state index is -4.72. The zero-order valence-corrected chi connectivity index (χ0v) is 14.9. The minimum absolute atomic E-state index is 0.0917. The molecule has 0 unspecified atom stereocenters. The van der Waals surface area contributed by atoms with E-state index in [9.17, 15) is 22.8 Å². The van der Waals surface area contributed by atoms with Crippen molar-refractivity contribution in [2.24, 2.45) is 16.9 Å². The number of benzene rings is 1. The Morgan fingerprint density at radius 1 is 1.26 bits per heavy atom. The Morgan fingerprint density at radius 2 is 1.93 bits per heavy atom. The number of ether oxygens (including phenoxy) is 1. The average molecular weight is 401 g/mol. The van der Waals surface area contributed by atoms with Crippen molar-refractivity contribution in [3.8, 4) is 0 Å². The lowest BCUT2D eigenvalue weighted by Gasteiger charge is -2.28. The highest BCUT2D eigenvalue weighted by atomic mass is 35.5. The first-order chi connectivity index (χ1) is 12.8. The normalized spacial score (nSPS) is 26.8. The molecule has 1 saturated heterocycles. The second kappa shape index (κ2) is 7.34. The summed E-state index contributed by atoms with van der Waals surface area (Å²) in [4.78, 5) is 25.5. The number of Topliss-reactive ketones (excluding diaryl/α,β-unsaturated/α-hetero) is 1. The van der Waals surface area contributed by atoms with Gasteiger partial charge in [0.05, 0.1) is 18.6 Å². The average Bonchev–Trinajstić information content (AvgIpc) is 2.97. The summed E-state index contributed by atoms with van der Waals surface area (Å²) in [5.41, 5.74) is 0.144. The number of carbonyl (C=O) groups excluding carboxylic acids is 2. The first kappa shape index (κ1) is 19.4. The van der Waals surface area contributed by atoms with E-state index in [2.05, 4.69) is 5.10 Å². The summed E-state index contributed by atoms with van der Waals surface area (Å²) in [6.45, 7) is 1.41. The van der Waals surface area contributed by atoms with Crippen molar-refractivity contribution < 1.29 is 27.5 Å². The lowest BCUT2D eigenvalue weighted by atomic mass is 9.83. The third kappa shape index (κ3) is 3.58. The van der Waals surface area contributed by atoms with E-state index in [4.69, 9.17) is 16.3 Å². The smallest absolute Gasteiger partial charge is 0.395 e. The molecule has 0 spiro atoms. The first-order valence-corrected chi connectivity index (χ1v) is 8.65. The molecule has 0 amide bonds. The summed E-state index contributed by atoms with van der Waals surface area (Å²) in [6.07, 6.45) is -0.754. The Hall–Kier alpha value is -2.35. The standard InChI is InChI=1S/C18H16ClF3N2O3/c1-2-27-17(26)13-14(18(20,21)22)12-4-3-9-23-24(12)15(13)16(25)10-5-7-11(19)8-6-10/h3-9,12-15H,2H2,1H3/t12-,13-,14+,15-/m0/s1. The van der Waals surface area contributed by atoms with E-state index in [0.717, 1.165) is 5.01 Å². The Kier molecular flexibility index (Phi) is 5.28. The SMILES string of the molecule is CCOC(=O)[C@H]1[C@H](C(F)(F)F)[C@@H]2C=CC=NN2[C@@H]1C(=O)c1ccc(Cl)cc1. The fraction of sp³-hybridized carbons (Fsp3) is 0.389. The maximum Gasteiger partial charge on any atom is 0.395 e.